The number of halogens is 1. The molecule has 2 N–H and O–H groups in total. The van der Waals surface area contributed by atoms with Gasteiger partial charge in [0.15, 0.2) is 5.82 Å². The Kier molecular flexibility index (Phi) is 2.61. The van der Waals surface area contributed by atoms with Gasteiger partial charge in [-0.1, -0.05) is 25.9 Å². The molecule has 0 saturated carbocycles. The molecule has 0 unspecified atom stereocenters. The highest BCUT2D eigenvalue weighted by atomic mass is 19.1. The van der Waals surface area contributed by atoms with Crippen LogP contribution in [0.15, 0.2) is 22.7 Å². The van der Waals surface area contributed by atoms with E-state index < -0.39 is 5.82 Å². The third-order valence-corrected chi connectivity index (χ3v) is 2.34. The first-order valence-corrected chi connectivity index (χ1v) is 5.27. The van der Waals surface area contributed by atoms with Crippen molar-refractivity contribution in [3.05, 3.63) is 29.8 Å². The van der Waals surface area contributed by atoms with Gasteiger partial charge in [-0.3, -0.25) is 0 Å². The van der Waals surface area contributed by atoms with Crippen molar-refractivity contribution < 1.29 is 8.91 Å². The molecule has 0 saturated heterocycles. The average Bonchev–Trinajstić information content (AvgIpc) is 2.70. The van der Waals surface area contributed by atoms with E-state index in [0.717, 1.165) is 0 Å². The molecule has 0 aliphatic rings. The van der Waals surface area contributed by atoms with Gasteiger partial charge < -0.3 is 10.3 Å². The van der Waals surface area contributed by atoms with E-state index >= 15 is 0 Å². The molecule has 0 radical (unpaired) electrons. The first-order valence-electron chi connectivity index (χ1n) is 5.27. The second-order valence-corrected chi connectivity index (χ2v) is 4.91. The van der Waals surface area contributed by atoms with Crippen LogP contribution in [-0.2, 0) is 5.41 Å². The molecule has 1 heterocycles. The first-order chi connectivity index (χ1) is 7.88. The predicted molar refractivity (Wildman–Crippen MR) is 62.8 cm³/mol. The monoisotopic (exact) mass is 235 g/mol. The van der Waals surface area contributed by atoms with E-state index in [-0.39, 0.29) is 11.1 Å². The molecule has 2 rings (SSSR count). The van der Waals surface area contributed by atoms with Gasteiger partial charge in [-0.25, -0.2) is 4.39 Å². The summed E-state index contributed by atoms with van der Waals surface area (Å²) >= 11 is 0. The van der Waals surface area contributed by atoms with Gasteiger partial charge in [0.25, 0.3) is 5.89 Å². The van der Waals surface area contributed by atoms with Crippen molar-refractivity contribution in [2.45, 2.75) is 26.2 Å². The van der Waals surface area contributed by atoms with Gasteiger partial charge in [0.2, 0.25) is 0 Å². The zero-order valence-corrected chi connectivity index (χ0v) is 9.99. The van der Waals surface area contributed by atoms with Gasteiger partial charge in [-0.2, -0.15) is 4.98 Å². The van der Waals surface area contributed by atoms with Crippen molar-refractivity contribution in [2.24, 2.45) is 0 Å². The maximum absolute atomic E-state index is 13.0. The summed E-state index contributed by atoms with van der Waals surface area (Å²) in [7, 11) is 0. The number of nitrogen functional groups attached to an aromatic ring is 1. The van der Waals surface area contributed by atoms with E-state index in [1.807, 2.05) is 20.8 Å². The number of rotatable bonds is 1. The molecule has 0 atom stereocenters. The van der Waals surface area contributed by atoms with Crippen molar-refractivity contribution in [1.29, 1.82) is 0 Å². The highest BCUT2D eigenvalue weighted by molar-refractivity contribution is 5.60. The first kappa shape index (κ1) is 11.6. The Hall–Kier alpha value is -1.91. The van der Waals surface area contributed by atoms with Crippen LogP contribution in [0.4, 0.5) is 10.1 Å². The molecule has 17 heavy (non-hydrogen) atoms. The van der Waals surface area contributed by atoms with Crippen LogP contribution in [0.5, 0.6) is 0 Å². The van der Waals surface area contributed by atoms with Gasteiger partial charge in [-0.15, -0.1) is 0 Å². The molecule has 0 aliphatic heterocycles. The molecule has 5 heteroatoms. The lowest BCUT2D eigenvalue weighted by atomic mass is 9.96. The Morgan fingerprint density at radius 2 is 2.00 bits per heavy atom. The summed E-state index contributed by atoms with van der Waals surface area (Å²) in [4.78, 5) is 4.27. The quantitative estimate of drug-likeness (QED) is 0.772. The number of anilines is 1. The Bertz CT molecular complexity index is 543. The molecular weight excluding hydrogens is 221 g/mol. The van der Waals surface area contributed by atoms with Crippen molar-refractivity contribution in [3.8, 4) is 11.5 Å². The molecule has 0 bridgehead atoms. The van der Waals surface area contributed by atoms with Crippen molar-refractivity contribution in [3.63, 3.8) is 0 Å². The fourth-order valence-corrected chi connectivity index (χ4v) is 1.32. The molecule has 0 spiro atoms. The zero-order valence-electron chi connectivity index (χ0n) is 9.99. The third-order valence-electron chi connectivity index (χ3n) is 2.34. The minimum Gasteiger partial charge on any atom is -0.396 e. The highest BCUT2D eigenvalue weighted by Gasteiger charge is 2.21. The second-order valence-electron chi connectivity index (χ2n) is 4.91. The molecule has 0 aliphatic carbocycles. The van der Waals surface area contributed by atoms with Crippen molar-refractivity contribution in [2.75, 3.05) is 5.73 Å². The van der Waals surface area contributed by atoms with Crippen molar-refractivity contribution >= 4 is 5.69 Å². The molecule has 0 fully saturated rings. The lowest BCUT2D eigenvalue weighted by Crippen LogP contribution is -2.13. The van der Waals surface area contributed by atoms with Crippen LogP contribution >= 0.6 is 0 Å². The number of hydrogen-bond donors (Lipinski definition) is 1. The van der Waals surface area contributed by atoms with Crippen LogP contribution in [0.1, 0.15) is 26.6 Å². The van der Waals surface area contributed by atoms with Crippen LogP contribution in [0, 0.1) is 5.82 Å². The van der Waals surface area contributed by atoms with E-state index in [1.165, 1.54) is 12.1 Å². The van der Waals surface area contributed by atoms with E-state index in [2.05, 4.69) is 10.1 Å². The molecule has 1 aromatic heterocycles. The van der Waals surface area contributed by atoms with Gasteiger partial charge >= 0.3 is 0 Å². The van der Waals surface area contributed by atoms with Crippen LogP contribution < -0.4 is 5.73 Å². The smallest absolute Gasteiger partial charge is 0.258 e. The Labute approximate surface area is 98.6 Å². The van der Waals surface area contributed by atoms with Gasteiger partial charge in [0.1, 0.15) is 5.82 Å². The lowest BCUT2D eigenvalue weighted by Gasteiger charge is -2.10. The number of nitrogens with two attached hydrogens (primary N) is 1. The summed E-state index contributed by atoms with van der Waals surface area (Å²) in [6.07, 6.45) is 0. The average molecular weight is 235 g/mol. The fourth-order valence-electron chi connectivity index (χ4n) is 1.32. The van der Waals surface area contributed by atoms with E-state index in [4.69, 9.17) is 10.3 Å². The van der Waals surface area contributed by atoms with E-state index in [0.29, 0.717) is 17.3 Å². The highest BCUT2D eigenvalue weighted by Crippen LogP contribution is 2.25. The minimum atomic E-state index is -0.454. The number of hydrogen-bond acceptors (Lipinski definition) is 4. The largest absolute Gasteiger partial charge is 0.396 e. The van der Waals surface area contributed by atoms with Gasteiger partial charge in [0, 0.05) is 11.0 Å². The normalized spacial score (nSPS) is 11.8. The van der Waals surface area contributed by atoms with Crippen LogP contribution in [0.2, 0.25) is 0 Å². The fraction of sp³-hybridized carbons (Fsp3) is 0.333. The van der Waals surface area contributed by atoms with Crippen LogP contribution in [0.25, 0.3) is 11.5 Å². The number of aromatic nitrogens is 2. The molecule has 90 valence electrons. The predicted octanol–water partition coefficient (Wildman–Crippen LogP) is 2.76. The zero-order chi connectivity index (χ0) is 12.6. The summed E-state index contributed by atoms with van der Waals surface area (Å²) in [5, 5.41) is 3.90. The molecular formula is C12H14FN3O. The number of nitrogens with zero attached hydrogens (tertiary/aromatic N) is 2. The Balaban J connectivity index is 2.40. The summed E-state index contributed by atoms with van der Waals surface area (Å²) in [5.74, 6) is 0.501. The second kappa shape index (κ2) is 3.84. The van der Waals surface area contributed by atoms with Crippen LogP contribution in [-0.4, -0.2) is 10.1 Å². The summed E-state index contributed by atoms with van der Waals surface area (Å²) in [5.41, 5.74) is 5.98. The minimum absolute atomic E-state index is 0.0676. The third kappa shape index (κ3) is 2.27. The van der Waals surface area contributed by atoms with Crippen LogP contribution in [0.3, 0.4) is 0 Å². The lowest BCUT2D eigenvalue weighted by molar-refractivity contribution is 0.402. The van der Waals surface area contributed by atoms with Gasteiger partial charge in [0.05, 0.1) is 5.69 Å². The van der Waals surface area contributed by atoms with E-state index in [1.54, 1.807) is 6.07 Å². The van der Waals surface area contributed by atoms with Gasteiger partial charge in [-0.05, 0) is 18.2 Å². The SMILES string of the molecule is CC(C)(C)c1noc(-c2ccc(F)c(N)c2)n1. The Morgan fingerprint density at radius 3 is 2.53 bits per heavy atom. The summed E-state index contributed by atoms with van der Waals surface area (Å²) in [6.45, 7) is 5.96. The van der Waals surface area contributed by atoms with E-state index in [9.17, 15) is 4.39 Å². The molecule has 1 aromatic carbocycles. The Morgan fingerprint density at radius 1 is 1.29 bits per heavy atom. The topological polar surface area (TPSA) is 64.9 Å². The molecule has 2 aromatic rings. The number of benzene rings is 1. The maximum atomic E-state index is 13.0. The summed E-state index contributed by atoms with van der Waals surface area (Å²) < 4.78 is 18.2. The molecule has 0 amide bonds. The maximum Gasteiger partial charge on any atom is 0.258 e. The molecule has 4 nitrogen and oxygen atoms in total. The standard InChI is InChI=1S/C12H14FN3O/c1-12(2,3)11-15-10(17-16-11)7-4-5-8(13)9(14)6-7/h4-6H,14H2,1-3H3. The van der Waals surface area contributed by atoms with Crippen molar-refractivity contribution in [1.82, 2.24) is 10.1 Å². The summed E-state index contributed by atoms with van der Waals surface area (Å²) in [6, 6.07) is 4.33.